The lowest BCUT2D eigenvalue weighted by Crippen LogP contribution is -2.50. The van der Waals surface area contributed by atoms with Crippen LogP contribution in [0.1, 0.15) is 0 Å². The fraction of sp³-hybridized carbons (Fsp3) is 0.429. The lowest BCUT2D eigenvalue weighted by molar-refractivity contribution is -0.134. The van der Waals surface area contributed by atoms with Crippen LogP contribution in [0.2, 0.25) is 0 Å². The number of ether oxygens (including phenoxy) is 1. The van der Waals surface area contributed by atoms with Crippen LogP contribution < -0.4 is 5.32 Å². The van der Waals surface area contributed by atoms with Crippen LogP contribution >= 0.6 is 0 Å². The van der Waals surface area contributed by atoms with Gasteiger partial charge < -0.3 is 10.1 Å². The van der Waals surface area contributed by atoms with Crippen LogP contribution in [0, 0.1) is 0 Å². The van der Waals surface area contributed by atoms with Crippen LogP contribution in [0.25, 0.3) is 0 Å². The first-order chi connectivity index (χ1) is 5.36. The summed E-state index contributed by atoms with van der Waals surface area (Å²) in [7, 11) is 0. The third-order valence-corrected chi connectivity index (χ3v) is 1.66. The van der Waals surface area contributed by atoms with Gasteiger partial charge in [-0.15, -0.1) is 0 Å². The van der Waals surface area contributed by atoms with Crippen molar-refractivity contribution in [3.8, 4) is 0 Å². The molecule has 11 heavy (non-hydrogen) atoms. The Kier molecular flexibility index (Phi) is 1.47. The van der Waals surface area contributed by atoms with Crippen molar-refractivity contribution < 1.29 is 9.53 Å². The molecular formula is C7H8N2O2. The lowest BCUT2D eigenvalue weighted by Gasteiger charge is -2.28. The summed E-state index contributed by atoms with van der Waals surface area (Å²) in [5.41, 5.74) is 0. The predicted octanol–water partition coefficient (Wildman–Crippen LogP) is -0.532. The van der Waals surface area contributed by atoms with Crippen molar-refractivity contribution in [1.82, 2.24) is 5.32 Å². The number of carbonyl (C=O) groups is 1. The van der Waals surface area contributed by atoms with Gasteiger partial charge in [-0.05, 0) is 6.08 Å². The van der Waals surface area contributed by atoms with Gasteiger partial charge in [0.2, 0.25) is 5.91 Å². The molecule has 0 aromatic carbocycles. The first-order valence-electron chi connectivity index (χ1n) is 3.47. The van der Waals surface area contributed by atoms with E-state index in [0.717, 1.165) is 0 Å². The number of amides is 1. The second-order valence-corrected chi connectivity index (χ2v) is 2.47. The minimum absolute atomic E-state index is 0.0716. The summed E-state index contributed by atoms with van der Waals surface area (Å²) in [5, 5.41) is 2.71. The van der Waals surface area contributed by atoms with E-state index in [4.69, 9.17) is 4.74 Å². The highest BCUT2D eigenvalue weighted by Crippen LogP contribution is 2.10. The van der Waals surface area contributed by atoms with Gasteiger partial charge in [0.1, 0.15) is 12.7 Å². The van der Waals surface area contributed by atoms with E-state index in [-0.39, 0.29) is 24.8 Å². The maximum Gasteiger partial charge on any atom is 0.247 e. The smallest absolute Gasteiger partial charge is 0.247 e. The topological polar surface area (TPSA) is 50.7 Å². The van der Waals surface area contributed by atoms with Crippen LogP contribution in [0.15, 0.2) is 17.1 Å². The zero-order valence-electron chi connectivity index (χ0n) is 5.86. The largest absolute Gasteiger partial charge is 0.360 e. The number of nitrogens with one attached hydrogen (secondary N) is 1. The number of aliphatic imine (C=N–C) groups is 1. The number of morpholine rings is 1. The Balaban J connectivity index is 2.12. The molecule has 2 aliphatic rings. The van der Waals surface area contributed by atoms with E-state index >= 15 is 0 Å². The van der Waals surface area contributed by atoms with Crippen molar-refractivity contribution in [2.24, 2.45) is 4.99 Å². The lowest BCUT2D eigenvalue weighted by atomic mass is 10.2. The molecule has 2 atom stereocenters. The van der Waals surface area contributed by atoms with Crippen LogP contribution in [-0.4, -0.2) is 31.0 Å². The summed E-state index contributed by atoms with van der Waals surface area (Å²) in [6.07, 6.45) is 5.09. The van der Waals surface area contributed by atoms with Crippen molar-refractivity contribution in [3.63, 3.8) is 0 Å². The Morgan fingerprint density at radius 1 is 1.73 bits per heavy atom. The maximum atomic E-state index is 10.8. The van der Waals surface area contributed by atoms with Gasteiger partial charge in [0.25, 0.3) is 0 Å². The van der Waals surface area contributed by atoms with Crippen LogP contribution in [0.5, 0.6) is 0 Å². The summed E-state index contributed by atoms with van der Waals surface area (Å²) in [6.45, 7) is 0.140. The van der Waals surface area contributed by atoms with E-state index in [1.807, 2.05) is 12.2 Å². The zero-order chi connectivity index (χ0) is 7.68. The second kappa shape index (κ2) is 2.47. The summed E-state index contributed by atoms with van der Waals surface area (Å²) >= 11 is 0. The summed E-state index contributed by atoms with van der Waals surface area (Å²) in [4.78, 5) is 14.8. The summed E-state index contributed by atoms with van der Waals surface area (Å²) in [6, 6.07) is 0. The molecule has 2 unspecified atom stereocenters. The average molecular weight is 152 g/mol. The fourth-order valence-electron chi connectivity index (χ4n) is 1.14. The Hall–Kier alpha value is -1.16. The Morgan fingerprint density at radius 3 is 3.55 bits per heavy atom. The molecule has 1 saturated heterocycles. The highest BCUT2D eigenvalue weighted by atomic mass is 16.5. The number of hydrogen-bond acceptors (Lipinski definition) is 3. The minimum atomic E-state index is -0.207. The first kappa shape index (κ1) is 6.54. The molecule has 0 radical (unpaired) electrons. The number of allylic oxidation sites excluding steroid dienone is 1. The fourth-order valence-corrected chi connectivity index (χ4v) is 1.14. The summed E-state index contributed by atoms with van der Waals surface area (Å²) in [5.74, 6) is -0.0984. The number of fused-ring (bicyclic) bond motifs is 1. The van der Waals surface area contributed by atoms with Gasteiger partial charge in [-0.2, -0.15) is 0 Å². The van der Waals surface area contributed by atoms with E-state index in [0.29, 0.717) is 0 Å². The predicted molar refractivity (Wildman–Crippen MR) is 39.3 cm³/mol. The third-order valence-electron chi connectivity index (χ3n) is 1.66. The van der Waals surface area contributed by atoms with Crippen LogP contribution in [0.3, 0.4) is 0 Å². The van der Waals surface area contributed by atoms with Gasteiger partial charge >= 0.3 is 0 Å². The third kappa shape index (κ3) is 1.17. The molecular weight excluding hydrogens is 144 g/mol. The minimum Gasteiger partial charge on any atom is -0.360 e. The standard InChI is InChI=1S/C7H8N2O2/c10-6-4-11-5-2-1-3-8-7(5)9-6/h1-3,5,7H,4H2,(H,9,10). The van der Waals surface area contributed by atoms with Crippen molar-refractivity contribution in [3.05, 3.63) is 12.2 Å². The average Bonchev–Trinajstić information content (AvgIpc) is 2.04. The van der Waals surface area contributed by atoms with E-state index in [1.54, 1.807) is 6.21 Å². The molecule has 58 valence electrons. The Bertz CT molecular complexity index is 235. The first-order valence-corrected chi connectivity index (χ1v) is 3.47. The number of hydrogen-bond donors (Lipinski definition) is 1. The molecule has 0 bridgehead atoms. The van der Waals surface area contributed by atoms with E-state index in [2.05, 4.69) is 10.3 Å². The van der Waals surface area contributed by atoms with Crippen molar-refractivity contribution in [2.75, 3.05) is 6.61 Å². The SMILES string of the molecule is O=C1COC2C=CC=NC2N1. The van der Waals surface area contributed by atoms with Crippen molar-refractivity contribution >= 4 is 12.1 Å². The van der Waals surface area contributed by atoms with Crippen molar-refractivity contribution in [1.29, 1.82) is 0 Å². The molecule has 1 amide bonds. The molecule has 4 nitrogen and oxygen atoms in total. The van der Waals surface area contributed by atoms with Gasteiger partial charge in [-0.1, -0.05) is 6.08 Å². The Labute approximate surface area is 63.9 Å². The van der Waals surface area contributed by atoms with E-state index in [1.165, 1.54) is 0 Å². The van der Waals surface area contributed by atoms with Gasteiger partial charge in [0.05, 0.1) is 0 Å². The molecule has 0 aromatic rings. The molecule has 1 fully saturated rings. The van der Waals surface area contributed by atoms with E-state index < -0.39 is 0 Å². The van der Waals surface area contributed by atoms with Crippen LogP contribution in [-0.2, 0) is 9.53 Å². The van der Waals surface area contributed by atoms with Gasteiger partial charge in [0.15, 0.2) is 6.17 Å². The van der Waals surface area contributed by atoms with Gasteiger partial charge in [-0.3, -0.25) is 9.79 Å². The monoisotopic (exact) mass is 152 g/mol. The van der Waals surface area contributed by atoms with E-state index in [9.17, 15) is 4.79 Å². The van der Waals surface area contributed by atoms with Crippen molar-refractivity contribution in [2.45, 2.75) is 12.3 Å². The molecule has 1 N–H and O–H groups in total. The molecule has 2 aliphatic heterocycles. The number of dihydropyridines is 1. The number of rotatable bonds is 0. The van der Waals surface area contributed by atoms with Crippen LogP contribution in [0.4, 0.5) is 0 Å². The molecule has 0 spiro atoms. The quantitative estimate of drug-likeness (QED) is 0.507. The molecule has 0 saturated carbocycles. The highest BCUT2D eigenvalue weighted by molar-refractivity contribution is 5.80. The number of carbonyl (C=O) groups excluding carboxylic acids is 1. The molecule has 4 heteroatoms. The highest BCUT2D eigenvalue weighted by Gasteiger charge is 2.27. The summed E-state index contributed by atoms with van der Waals surface area (Å²) < 4.78 is 5.18. The maximum absolute atomic E-state index is 10.8. The molecule has 2 rings (SSSR count). The normalized spacial score (nSPS) is 34.7. The van der Waals surface area contributed by atoms with Gasteiger partial charge in [0, 0.05) is 6.21 Å². The Morgan fingerprint density at radius 2 is 2.64 bits per heavy atom. The zero-order valence-corrected chi connectivity index (χ0v) is 5.86. The molecule has 0 aliphatic carbocycles. The number of nitrogens with zero attached hydrogens (tertiary/aromatic N) is 1. The molecule has 0 aromatic heterocycles. The second-order valence-electron chi connectivity index (χ2n) is 2.47. The van der Waals surface area contributed by atoms with Gasteiger partial charge in [-0.25, -0.2) is 0 Å². The molecule has 2 heterocycles.